The highest BCUT2D eigenvalue weighted by atomic mass is 35.5. The highest BCUT2D eigenvalue weighted by Gasteiger charge is 2.40. The maximum absolute atomic E-state index is 13.7. The van der Waals surface area contributed by atoms with Gasteiger partial charge in [-0.25, -0.2) is 15.4 Å². The van der Waals surface area contributed by atoms with E-state index in [0.717, 1.165) is 23.5 Å². The van der Waals surface area contributed by atoms with Gasteiger partial charge in [0.1, 0.15) is 23.3 Å². The SMILES string of the molecule is O=C(NNC1CC1c1ccccc1)C1CN(c2cc(Cl)nc(-n3ccnc3)n2)CCN1Cc1ccc2c(c1)OCO2. The Morgan fingerprint density at radius 1 is 1.05 bits per heavy atom. The number of hydrazine groups is 1. The van der Waals surface area contributed by atoms with Crippen molar-refractivity contribution in [2.45, 2.75) is 31.0 Å². The Hall–Kier alpha value is -4.19. The van der Waals surface area contributed by atoms with Crippen LogP contribution in [0.15, 0.2) is 73.3 Å². The number of amides is 1. The van der Waals surface area contributed by atoms with Crippen molar-refractivity contribution < 1.29 is 14.3 Å². The summed E-state index contributed by atoms with van der Waals surface area (Å²) in [4.78, 5) is 31.1. The fourth-order valence-electron chi connectivity index (χ4n) is 5.46. The normalized spacial score (nSPS) is 21.6. The monoisotopic (exact) mass is 572 g/mol. The van der Waals surface area contributed by atoms with Crippen LogP contribution in [0.4, 0.5) is 5.82 Å². The fraction of sp³-hybridized carbons (Fsp3) is 0.310. The van der Waals surface area contributed by atoms with E-state index in [-0.39, 0.29) is 18.7 Å². The van der Waals surface area contributed by atoms with E-state index < -0.39 is 6.04 Å². The zero-order chi connectivity index (χ0) is 27.8. The first kappa shape index (κ1) is 25.8. The number of nitrogens with one attached hydrogen (secondary N) is 2. The Morgan fingerprint density at radius 3 is 2.78 bits per heavy atom. The Kier molecular flexibility index (Phi) is 6.91. The van der Waals surface area contributed by atoms with Crippen molar-refractivity contribution in [1.82, 2.24) is 35.3 Å². The van der Waals surface area contributed by atoms with Crippen LogP contribution in [0.3, 0.4) is 0 Å². The largest absolute Gasteiger partial charge is 0.454 e. The maximum atomic E-state index is 13.7. The van der Waals surface area contributed by atoms with Gasteiger partial charge >= 0.3 is 0 Å². The number of benzene rings is 2. The number of rotatable bonds is 8. The summed E-state index contributed by atoms with van der Waals surface area (Å²) in [6, 6.07) is 17.8. The Morgan fingerprint density at radius 2 is 1.93 bits per heavy atom. The number of hydrogen-bond acceptors (Lipinski definition) is 9. The van der Waals surface area contributed by atoms with Crippen LogP contribution in [-0.4, -0.2) is 68.8 Å². The molecule has 0 bridgehead atoms. The van der Waals surface area contributed by atoms with E-state index in [2.05, 4.69) is 42.8 Å². The second-order valence-electron chi connectivity index (χ2n) is 10.4. The van der Waals surface area contributed by atoms with Crippen LogP contribution in [0.1, 0.15) is 23.5 Å². The summed E-state index contributed by atoms with van der Waals surface area (Å²) < 4.78 is 12.8. The number of hydrogen-bond donors (Lipinski definition) is 2. The second kappa shape index (κ2) is 11.0. The highest BCUT2D eigenvalue weighted by Crippen LogP contribution is 2.40. The maximum Gasteiger partial charge on any atom is 0.253 e. The molecule has 3 aliphatic rings. The molecular formula is C29H29ClN8O3. The van der Waals surface area contributed by atoms with Gasteiger partial charge in [-0.1, -0.05) is 48.0 Å². The summed E-state index contributed by atoms with van der Waals surface area (Å²) in [5.41, 5.74) is 8.62. The molecule has 0 spiro atoms. The van der Waals surface area contributed by atoms with Crippen molar-refractivity contribution in [2.24, 2.45) is 0 Å². The quantitative estimate of drug-likeness (QED) is 0.243. The van der Waals surface area contributed by atoms with Crippen LogP contribution in [0, 0.1) is 0 Å². The van der Waals surface area contributed by atoms with Crippen LogP contribution in [-0.2, 0) is 11.3 Å². The number of carbonyl (C=O) groups excluding carboxylic acids is 1. The Bertz CT molecular complexity index is 1540. The van der Waals surface area contributed by atoms with E-state index in [1.54, 1.807) is 29.4 Å². The van der Waals surface area contributed by atoms with Crippen LogP contribution in [0.5, 0.6) is 11.5 Å². The predicted octanol–water partition coefficient (Wildman–Crippen LogP) is 2.91. The number of piperazine rings is 1. The van der Waals surface area contributed by atoms with E-state index >= 15 is 0 Å². The number of ether oxygens (including phenoxy) is 2. The Balaban J connectivity index is 1.09. The third-order valence-corrected chi connectivity index (χ3v) is 7.94. The Labute approximate surface area is 242 Å². The van der Waals surface area contributed by atoms with Crippen molar-refractivity contribution in [2.75, 3.05) is 31.3 Å². The average Bonchev–Trinajstić information content (AvgIpc) is 3.33. The van der Waals surface area contributed by atoms with Crippen molar-refractivity contribution in [3.05, 3.63) is 89.6 Å². The molecule has 4 aromatic rings. The standard InChI is InChI=1S/C29H29ClN8O3/c30-26-14-27(33-29(32-26)38-9-8-31-17-38)37-11-10-36(15-19-6-7-24-25(12-19)41-18-40-24)23(16-37)28(39)35-34-22-13-21(22)20-4-2-1-3-5-20/h1-9,12,14,17,21-23,34H,10-11,13,15-16,18H2,(H,35,39). The minimum absolute atomic E-state index is 0.0934. The van der Waals surface area contributed by atoms with Gasteiger partial charge in [0.05, 0.1) is 0 Å². The molecule has 1 aliphatic carbocycles. The molecule has 1 saturated heterocycles. The molecule has 210 valence electrons. The topological polar surface area (TPSA) is 110 Å². The third kappa shape index (κ3) is 5.56. The lowest BCUT2D eigenvalue weighted by Gasteiger charge is -2.41. The lowest BCUT2D eigenvalue weighted by Crippen LogP contribution is -2.60. The summed E-state index contributed by atoms with van der Waals surface area (Å²) in [7, 11) is 0. The molecule has 4 heterocycles. The molecule has 2 fully saturated rings. The van der Waals surface area contributed by atoms with E-state index in [4.69, 9.17) is 26.1 Å². The third-order valence-electron chi connectivity index (χ3n) is 7.74. The van der Waals surface area contributed by atoms with Crippen molar-refractivity contribution >= 4 is 23.3 Å². The molecule has 2 aliphatic heterocycles. The minimum Gasteiger partial charge on any atom is -0.454 e. The molecule has 3 unspecified atom stereocenters. The van der Waals surface area contributed by atoms with Crippen LogP contribution >= 0.6 is 11.6 Å². The van der Waals surface area contributed by atoms with Crippen molar-refractivity contribution in [3.63, 3.8) is 0 Å². The summed E-state index contributed by atoms with van der Waals surface area (Å²) in [6.07, 6.45) is 6.04. The van der Waals surface area contributed by atoms with Gasteiger partial charge in [0.2, 0.25) is 12.7 Å². The second-order valence-corrected chi connectivity index (χ2v) is 10.8. The molecule has 12 heteroatoms. The van der Waals surface area contributed by atoms with E-state index in [9.17, 15) is 4.79 Å². The molecule has 2 N–H and O–H groups in total. The number of carbonyl (C=O) groups is 1. The molecule has 2 aromatic carbocycles. The van der Waals surface area contributed by atoms with Gasteiger partial charge in [-0.3, -0.25) is 19.7 Å². The first-order valence-corrected chi connectivity index (χ1v) is 14.0. The van der Waals surface area contributed by atoms with Gasteiger partial charge in [-0.15, -0.1) is 0 Å². The van der Waals surface area contributed by atoms with Gasteiger partial charge in [-0.2, -0.15) is 4.98 Å². The average molecular weight is 573 g/mol. The molecule has 0 radical (unpaired) electrons. The fourth-order valence-corrected chi connectivity index (χ4v) is 5.63. The molecule has 1 saturated carbocycles. The van der Waals surface area contributed by atoms with Gasteiger partial charge in [0, 0.05) is 56.6 Å². The highest BCUT2D eigenvalue weighted by molar-refractivity contribution is 6.29. The summed E-state index contributed by atoms with van der Waals surface area (Å²) in [5.74, 6) is 2.86. The van der Waals surface area contributed by atoms with Gasteiger partial charge in [0.15, 0.2) is 11.5 Å². The van der Waals surface area contributed by atoms with E-state index in [0.29, 0.717) is 49.0 Å². The minimum atomic E-state index is -0.443. The first-order valence-electron chi connectivity index (χ1n) is 13.6. The molecular weight excluding hydrogens is 544 g/mol. The molecule has 11 nitrogen and oxygen atoms in total. The van der Waals surface area contributed by atoms with Gasteiger partial charge in [0.25, 0.3) is 5.91 Å². The zero-order valence-corrected chi connectivity index (χ0v) is 22.9. The van der Waals surface area contributed by atoms with E-state index in [1.807, 2.05) is 36.4 Å². The lowest BCUT2D eigenvalue weighted by atomic mass is 10.1. The van der Waals surface area contributed by atoms with Crippen LogP contribution < -0.4 is 25.2 Å². The molecule has 3 atom stereocenters. The zero-order valence-electron chi connectivity index (χ0n) is 22.2. The van der Waals surface area contributed by atoms with Crippen molar-refractivity contribution in [1.29, 1.82) is 0 Å². The van der Waals surface area contributed by atoms with Gasteiger partial charge in [-0.05, 0) is 29.7 Å². The number of aromatic nitrogens is 4. The number of halogens is 1. The van der Waals surface area contributed by atoms with Gasteiger partial charge < -0.3 is 14.4 Å². The summed E-state index contributed by atoms with van der Waals surface area (Å²) in [6.45, 7) is 2.55. The number of anilines is 1. The van der Waals surface area contributed by atoms with Crippen molar-refractivity contribution in [3.8, 4) is 17.4 Å². The number of imidazole rings is 1. The smallest absolute Gasteiger partial charge is 0.253 e. The molecule has 1 amide bonds. The predicted molar refractivity (Wildman–Crippen MR) is 152 cm³/mol. The number of fused-ring (bicyclic) bond motifs is 1. The summed E-state index contributed by atoms with van der Waals surface area (Å²) >= 11 is 6.39. The molecule has 41 heavy (non-hydrogen) atoms. The molecule has 7 rings (SSSR count). The lowest BCUT2D eigenvalue weighted by molar-refractivity contribution is -0.128. The first-order chi connectivity index (χ1) is 20.1. The van der Waals surface area contributed by atoms with Crippen LogP contribution in [0.2, 0.25) is 5.15 Å². The summed E-state index contributed by atoms with van der Waals surface area (Å²) in [5, 5.41) is 0.324. The van der Waals surface area contributed by atoms with Crippen LogP contribution in [0.25, 0.3) is 5.95 Å². The molecule has 2 aromatic heterocycles. The number of nitrogens with zero attached hydrogens (tertiary/aromatic N) is 6. The van der Waals surface area contributed by atoms with E-state index in [1.165, 1.54) is 5.56 Å².